The molecule has 3 rings (SSSR count). The fourth-order valence-corrected chi connectivity index (χ4v) is 4.00. The van der Waals surface area contributed by atoms with Gasteiger partial charge in [-0.2, -0.15) is 5.26 Å². The largest absolute Gasteiger partial charge is 0.480 e. The number of pyridine rings is 1. The van der Waals surface area contributed by atoms with Gasteiger partial charge in [0.2, 0.25) is 0 Å². The summed E-state index contributed by atoms with van der Waals surface area (Å²) in [5.41, 5.74) is 0.358. The smallest absolute Gasteiger partial charge is 0.408 e. The van der Waals surface area contributed by atoms with Crippen LogP contribution in [-0.4, -0.2) is 33.8 Å². The van der Waals surface area contributed by atoms with E-state index in [0.29, 0.717) is 29.7 Å². The average molecular weight is 460 g/mol. The van der Waals surface area contributed by atoms with E-state index in [1.807, 2.05) is 48.5 Å². The molecule has 176 valence electrons. The summed E-state index contributed by atoms with van der Waals surface area (Å²) >= 11 is 0. The molecule has 1 aliphatic rings. The van der Waals surface area contributed by atoms with Crippen molar-refractivity contribution in [3.63, 3.8) is 0 Å². The first-order chi connectivity index (χ1) is 16.2. The molecular formula is C27H29N3O4. The van der Waals surface area contributed by atoms with Crippen LogP contribution in [0.5, 0.6) is 0 Å². The molecule has 0 saturated heterocycles. The van der Waals surface area contributed by atoms with Crippen molar-refractivity contribution in [3.05, 3.63) is 83.7 Å². The topological polar surface area (TPSA) is 112 Å². The molecule has 0 spiro atoms. The van der Waals surface area contributed by atoms with Gasteiger partial charge in [0.1, 0.15) is 5.60 Å². The van der Waals surface area contributed by atoms with E-state index < -0.39 is 29.1 Å². The maximum atomic E-state index is 12.7. The lowest BCUT2D eigenvalue weighted by molar-refractivity contribution is -0.144. The van der Waals surface area contributed by atoms with Crippen molar-refractivity contribution in [1.29, 1.82) is 5.26 Å². The number of carboxylic acids is 1. The molecule has 7 nitrogen and oxygen atoms in total. The summed E-state index contributed by atoms with van der Waals surface area (Å²) in [5, 5.41) is 22.8. The SMILES string of the molecule is CC(C)(C)OC(=O)N[C@H]1C(CCCc2ccccc2)=C(c2ccccn2)C=C[C@@]1(C#N)C(=O)O. The van der Waals surface area contributed by atoms with E-state index in [2.05, 4.69) is 10.3 Å². The zero-order chi connectivity index (χ0) is 24.8. The number of aliphatic carboxylic acids is 1. The number of carbonyl (C=O) groups excluding carboxylic acids is 1. The number of aryl methyl sites for hydroxylation is 1. The van der Waals surface area contributed by atoms with Gasteiger partial charge in [-0.15, -0.1) is 0 Å². The first kappa shape index (κ1) is 24.7. The van der Waals surface area contributed by atoms with Crippen molar-refractivity contribution in [2.45, 2.75) is 51.7 Å². The van der Waals surface area contributed by atoms with Crippen LogP contribution in [0.4, 0.5) is 4.79 Å². The third-order valence-corrected chi connectivity index (χ3v) is 5.56. The molecule has 0 aliphatic heterocycles. The summed E-state index contributed by atoms with van der Waals surface area (Å²) in [7, 11) is 0. The molecule has 0 saturated carbocycles. The molecule has 0 fully saturated rings. The van der Waals surface area contributed by atoms with Gasteiger partial charge in [-0.3, -0.25) is 9.78 Å². The lowest BCUT2D eigenvalue weighted by Gasteiger charge is -2.36. The Labute approximate surface area is 199 Å². The Morgan fingerprint density at radius 1 is 1.15 bits per heavy atom. The number of carboxylic acid groups (broad SMARTS) is 1. The number of rotatable bonds is 7. The van der Waals surface area contributed by atoms with Crippen molar-refractivity contribution in [3.8, 4) is 6.07 Å². The Hall–Kier alpha value is -3.92. The van der Waals surface area contributed by atoms with E-state index in [-0.39, 0.29) is 0 Å². The minimum absolute atomic E-state index is 0.461. The summed E-state index contributed by atoms with van der Waals surface area (Å²) in [4.78, 5) is 29.5. The lowest BCUT2D eigenvalue weighted by Crippen LogP contribution is -2.53. The van der Waals surface area contributed by atoms with Gasteiger partial charge in [-0.1, -0.05) is 48.6 Å². The van der Waals surface area contributed by atoms with E-state index in [0.717, 1.165) is 12.0 Å². The summed E-state index contributed by atoms with van der Waals surface area (Å²) in [6.45, 7) is 5.16. The molecule has 7 heteroatoms. The number of alkyl carbamates (subject to hydrolysis) is 1. The number of aromatic nitrogens is 1. The van der Waals surface area contributed by atoms with Crippen molar-refractivity contribution >= 4 is 17.6 Å². The monoisotopic (exact) mass is 459 g/mol. The van der Waals surface area contributed by atoms with Crippen LogP contribution < -0.4 is 5.32 Å². The van der Waals surface area contributed by atoms with Gasteiger partial charge >= 0.3 is 12.1 Å². The van der Waals surface area contributed by atoms with Crippen LogP contribution in [0.1, 0.15) is 44.9 Å². The predicted octanol–water partition coefficient (Wildman–Crippen LogP) is 4.92. The second-order valence-electron chi connectivity index (χ2n) is 9.19. The zero-order valence-electron chi connectivity index (χ0n) is 19.6. The minimum atomic E-state index is -1.97. The zero-order valence-corrected chi connectivity index (χ0v) is 19.6. The quantitative estimate of drug-likeness (QED) is 0.608. The van der Waals surface area contributed by atoms with Gasteiger partial charge in [0, 0.05) is 11.8 Å². The molecule has 2 N–H and O–H groups in total. The predicted molar refractivity (Wildman–Crippen MR) is 129 cm³/mol. The van der Waals surface area contributed by atoms with Crippen LogP contribution in [0, 0.1) is 16.7 Å². The molecule has 2 aromatic rings. The number of carbonyl (C=O) groups is 2. The van der Waals surface area contributed by atoms with Crippen LogP contribution in [0.2, 0.25) is 0 Å². The normalized spacial score (nSPS) is 19.9. The van der Waals surface area contributed by atoms with Gasteiger partial charge in [0.15, 0.2) is 5.41 Å². The highest BCUT2D eigenvalue weighted by Gasteiger charge is 2.50. The third kappa shape index (κ3) is 5.70. The number of benzene rings is 1. The van der Waals surface area contributed by atoms with Crippen LogP contribution in [0.15, 0.2) is 72.5 Å². The second kappa shape index (κ2) is 10.3. The van der Waals surface area contributed by atoms with Crippen molar-refractivity contribution in [2.24, 2.45) is 5.41 Å². The molecule has 1 heterocycles. The molecule has 2 atom stereocenters. The van der Waals surface area contributed by atoms with Gasteiger partial charge in [-0.25, -0.2) is 4.79 Å². The van der Waals surface area contributed by atoms with Crippen LogP contribution >= 0.6 is 0 Å². The van der Waals surface area contributed by atoms with Crippen molar-refractivity contribution in [1.82, 2.24) is 10.3 Å². The highest BCUT2D eigenvalue weighted by molar-refractivity contribution is 5.89. The number of nitrogens with one attached hydrogen (secondary N) is 1. The Morgan fingerprint density at radius 3 is 2.44 bits per heavy atom. The molecule has 1 aromatic carbocycles. The first-order valence-corrected chi connectivity index (χ1v) is 11.2. The van der Waals surface area contributed by atoms with Gasteiger partial charge in [0.05, 0.1) is 17.8 Å². The molecule has 1 amide bonds. The molecule has 1 aliphatic carbocycles. The number of nitriles is 1. The number of hydrogen-bond acceptors (Lipinski definition) is 5. The van der Waals surface area contributed by atoms with E-state index in [9.17, 15) is 20.0 Å². The Kier molecular flexibility index (Phi) is 7.52. The van der Waals surface area contributed by atoms with E-state index >= 15 is 0 Å². The number of hydrogen-bond donors (Lipinski definition) is 2. The molecule has 0 unspecified atom stereocenters. The maximum Gasteiger partial charge on any atom is 0.408 e. The fourth-order valence-electron chi connectivity index (χ4n) is 4.00. The third-order valence-electron chi connectivity index (χ3n) is 5.56. The molecular weight excluding hydrogens is 430 g/mol. The summed E-state index contributed by atoms with van der Waals surface area (Å²) in [5.74, 6) is -1.34. The maximum absolute atomic E-state index is 12.7. The van der Waals surface area contributed by atoms with Crippen LogP contribution in [-0.2, 0) is 16.0 Å². The van der Waals surface area contributed by atoms with Gasteiger partial charge in [-0.05, 0) is 63.3 Å². The average Bonchev–Trinajstić information content (AvgIpc) is 2.79. The Bertz CT molecular complexity index is 1130. The van der Waals surface area contributed by atoms with E-state index in [1.54, 1.807) is 39.1 Å². The number of ether oxygens (including phenoxy) is 1. The summed E-state index contributed by atoms with van der Waals surface area (Å²) in [6, 6.07) is 16.2. The van der Waals surface area contributed by atoms with Crippen LogP contribution in [0.25, 0.3) is 5.57 Å². The molecule has 0 bridgehead atoms. The van der Waals surface area contributed by atoms with E-state index in [4.69, 9.17) is 4.74 Å². The fraction of sp³-hybridized carbons (Fsp3) is 0.333. The van der Waals surface area contributed by atoms with Gasteiger partial charge < -0.3 is 15.2 Å². The lowest BCUT2D eigenvalue weighted by atomic mass is 9.71. The number of allylic oxidation sites excluding steroid dienone is 2. The van der Waals surface area contributed by atoms with Crippen molar-refractivity contribution in [2.75, 3.05) is 0 Å². The number of nitrogens with zero attached hydrogens (tertiary/aromatic N) is 2. The molecule has 0 radical (unpaired) electrons. The molecule has 1 aromatic heterocycles. The number of amides is 1. The van der Waals surface area contributed by atoms with Crippen molar-refractivity contribution < 1.29 is 19.4 Å². The standard InChI is InChI=1S/C27H29N3O4/c1-26(2,3)34-25(33)30-23-21(13-9-12-19-10-5-4-6-11-19)20(22-14-7-8-17-29-22)15-16-27(23,18-28)24(31)32/h4-8,10-11,14-17,23H,9,12-13H2,1-3H3,(H,30,33)(H,31,32)/t23-,27-/m0/s1. The van der Waals surface area contributed by atoms with Crippen LogP contribution in [0.3, 0.4) is 0 Å². The Balaban J connectivity index is 2.04. The highest BCUT2D eigenvalue weighted by Crippen LogP contribution is 2.40. The Morgan fingerprint density at radius 2 is 1.85 bits per heavy atom. The summed E-state index contributed by atoms with van der Waals surface area (Å²) in [6.07, 6.45) is 5.74. The first-order valence-electron chi connectivity index (χ1n) is 11.2. The second-order valence-corrected chi connectivity index (χ2v) is 9.19. The molecule has 34 heavy (non-hydrogen) atoms. The van der Waals surface area contributed by atoms with Gasteiger partial charge in [0.25, 0.3) is 0 Å². The highest BCUT2D eigenvalue weighted by atomic mass is 16.6. The minimum Gasteiger partial charge on any atom is -0.480 e. The van der Waals surface area contributed by atoms with E-state index in [1.165, 1.54) is 6.08 Å². The summed E-state index contributed by atoms with van der Waals surface area (Å²) < 4.78 is 5.41.